The second kappa shape index (κ2) is 7.13. The number of rotatable bonds is 5. The summed E-state index contributed by atoms with van der Waals surface area (Å²) in [5.41, 5.74) is 5.41. The zero-order valence-electron chi connectivity index (χ0n) is 10.4. The van der Waals surface area contributed by atoms with Gasteiger partial charge in [0.1, 0.15) is 0 Å². The molecule has 0 bridgehead atoms. The Morgan fingerprint density at radius 1 is 1.31 bits per heavy atom. The molecule has 1 fully saturated rings. The van der Waals surface area contributed by atoms with E-state index in [0.29, 0.717) is 12.6 Å². The van der Waals surface area contributed by atoms with Gasteiger partial charge in [0.25, 0.3) is 0 Å². The lowest BCUT2D eigenvalue weighted by molar-refractivity contribution is -0.131. The summed E-state index contributed by atoms with van der Waals surface area (Å²) in [6.45, 7) is 4.55. The van der Waals surface area contributed by atoms with Crippen LogP contribution >= 0.6 is 12.4 Å². The topological polar surface area (TPSA) is 55.1 Å². The zero-order valence-corrected chi connectivity index (χ0v) is 11.2. The molecule has 0 saturated heterocycles. The number of nitrogens with one attached hydrogen (secondary N) is 1. The minimum Gasteiger partial charge on any atom is -0.353 e. The van der Waals surface area contributed by atoms with Crippen LogP contribution in [0.5, 0.6) is 0 Å². The third-order valence-electron chi connectivity index (χ3n) is 3.92. The number of carbonyl (C=O) groups is 1. The lowest BCUT2D eigenvalue weighted by Gasteiger charge is -2.30. The molecule has 0 heterocycles. The van der Waals surface area contributed by atoms with E-state index in [2.05, 4.69) is 5.32 Å². The smallest absolute Gasteiger partial charge is 0.227 e. The molecule has 0 aromatic rings. The number of nitrogens with two attached hydrogens (primary N) is 1. The highest BCUT2D eigenvalue weighted by Crippen LogP contribution is 2.26. The fraction of sp³-hybridized carbons (Fsp3) is 0.917. The van der Waals surface area contributed by atoms with E-state index >= 15 is 0 Å². The van der Waals surface area contributed by atoms with Gasteiger partial charge in [-0.05, 0) is 25.7 Å². The third-order valence-corrected chi connectivity index (χ3v) is 3.92. The molecule has 1 aliphatic rings. The normalized spacial score (nSPS) is 16.9. The predicted molar refractivity (Wildman–Crippen MR) is 69.7 cm³/mol. The van der Waals surface area contributed by atoms with E-state index in [1.165, 1.54) is 12.8 Å². The summed E-state index contributed by atoms with van der Waals surface area (Å²) < 4.78 is 0. The number of amides is 1. The maximum Gasteiger partial charge on any atom is 0.227 e. The minimum absolute atomic E-state index is 0. The van der Waals surface area contributed by atoms with E-state index in [9.17, 15) is 4.79 Å². The first-order valence-electron chi connectivity index (χ1n) is 6.19. The van der Waals surface area contributed by atoms with Crippen LogP contribution in [0.2, 0.25) is 0 Å². The van der Waals surface area contributed by atoms with Gasteiger partial charge in [0.05, 0.1) is 5.41 Å². The molecule has 4 heteroatoms. The van der Waals surface area contributed by atoms with Gasteiger partial charge in [-0.15, -0.1) is 12.4 Å². The Hall–Kier alpha value is -0.280. The number of halogens is 1. The van der Waals surface area contributed by atoms with Crippen molar-refractivity contribution in [2.45, 2.75) is 58.4 Å². The first-order valence-corrected chi connectivity index (χ1v) is 6.19. The summed E-state index contributed by atoms with van der Waals surface area (Å²) in [5.74, 6) is 0.168. The predicted octanol–water partition coefficient (Wildman–Crippen LogP) is 2.23. The standard InChI is InChI=1S/C12H24N2O.ClH/c1-3-12(4-2,9-13)11(15)14-10-7-5-6-8-10;/h10H,3-9,13H2,1-2H3,(H,14,15);1H. The van der Waals surface area contributed by atoms with Gasteiger partial charge in [0, 0.05) is 12.6 Å². The number of hydrogen-bond donors (Lipinski definition) is 2. The highest BCUT2D eigenvalue weighted by Gasteiger charge is 2.34. The Labute approximate surface area is 105 Å². The van der Waals surface area contributed by atoms with Gasteiger partial charge in [-0.3, -0.25) is 4.79 Å². The second-order valence-corrected chi connectivity index (χ2v) is 4.65. The van der Waals surface area contributed by atoms with Crippen molar-refractivity contribution in [1.29, 1.82) is 0 Å². The fourth-order valence-corrected chi connectivity index (χ4v) is 2.36. The van der Waals surface area contributed by atoms with Crippen molar-refractivity contribution in [3.8, 4) is 0 Å². The molecule has 0 radical (unpaired) electrons. The SMILES string of the molecule is CCC(CC)(CN)C(=O)NC1CCCC1.Cl. The summed E-state index contributed by atoms with van der Waals surface area (Å²) in [4.78, 5) is 12.1. The largest absolute Gasteiger partial charge is 0.353 e. The monoisotopic (exact) mass is 248 g/mol. The maximum absolute atomic E-state index is 12.1. The molecule has 0 aromatic heterocycles. The Bertz CT molecular complexity index is 203. The van der Waals surface area contributed by atoms with E-state index < -0.39 is 0 Å². The summed E-state index contributed by atoms with van der Waals surface area (Å²) in [6.07, 6.45) is 6.44. The molecule has 1 saturated carbocycles. The van der Waals surface area contributed by atoms with Gasteiger partial charge in [-0.2, -0.15) is 0 Å². The van der Waals surface area contributed by atoms with Crippen LogP contribution in [0, 0.1) is 5.41 Å². The van der Waals surface area contributed by atoms with Crippen molar-refractivity contribution >= 4 is 18.3 Å². The molecule has 0 aromatic carbocycles. The average molecular weight is 249 g/mol. The van der Waals surface area contributed by atoms with E-state index in [0.717, 1.165) is 25.7 Å². The molecule has 0 aliphatic heterocycles. The molecule has 0 atom stereocenters. The van der Waals surface area contributed by atoms with Gasteiger partial charge in [-0.25, -0.2) is 0 Å². The molecule has 16 heavy (non-hydrogen) atoms. The molecule has 96 valence electrons. The van der Waals surface area contributed by atoms with Crippen molar-refractivity contribution in [2.24, 2.45) is 11.1 Å². The van der Waals surface area contributed by atoms with Crippen molar-refractivity contribution in [1.82, 2.24) is 5.32 Å². The Morgan fingerprint density at radius 3 is 2.19 bits per heavy atom. The van der Waals surface area contributed by atoms with Crippen molar-refractivity contribution in [3.05, 3.63) is 0 Å². The van der Waals surface area contributed by atoms with E-state index in [-0.39, 0.29) is 23.7 Å². The van der Waals surface area contributed by atoms with Crippen molar-refractivity contribution in [3.63, 3.8) is 0 Å². The van der Waals surface area contributed by atoms with Crippen molar-refractivity contribution < 1.29 is 4.79 Å². The molecule has 1 aliphatic carbocycles. The van der Waals surface area contributed by atoms with Crippen LogP contribution in [-0.4, -0.2) is 18.5 Å². The van der Waals surface area contributed by atoms with Crippen LogP contribution < -0.4 is 11.1 Å². The fourth-order valence-electron chi connectivity index (χ4n) is 2.36. The zero-order chi connectivity index (χ0) is 11.3. The second-order valence-electron chi connectivity index (χ2n) is 4.65. The summed E-state index contributed by atoms with van der Waals surface area (Å²) in [6, 6.07) is 0.404. The van der Waals surface area contributed by atoms with Crippen LogP contribution in [0.3, 0.4) is 0 Å². The van der Waals surface area contributed by atoms with Gasteiger partial charge in [0.2, 0.25) is 5.91 Å². The number of hydrogen-bond acceptors (Lipinski definition) is 2. The molecular formula is C12H25ClN2O. The van der Waals surface area contributed by atoms with Gasteiger partial charge >= 0.3 is 0 Å². The lowest BCUT2D eigenvalue weighted by atomic mass is 9.81. The molecule has 0 unspecified atom stereocenters. The number of carbonyl (C=O) groups excluding carboxylic acids is 1. The molecule has 3 nitrogen and oxygen atoms in total. The highest BCUT2D eigenvalue weighted by atomic mass is 35.5. The third kappa shape index (κ3) is 3.36. The maximum atomic E-state index is 12.1. The van der Waals surface area contributed by atoms with Crippen LogP contribution in [0.1, 0.15) is 52.4 Å². The molecule has 1 amide bonds. The summed E-state index contributed by atoms with van der Waals surface area (Å²) in [7, 11) is 0. The molecule has 3 N–H and O–H groups in total. The lowest BCUT2D eigenvalue weighted by Crippen LogP contribution is -2.48. The summed E-state index contributed by atoms with van der Waals surface area (Å²) >= 11 is 0. The minimum atomic E-state index is -0.331. The first-order chi connectivity index (χ1) is 7.18. The van der Waals surface area contributed by atoms with Crippen LogP contribution in [0.25, 0.3) is 0 Å². The average Bonchev–Trinajstić information content (AvgIpc) is 2.74. The Kier molecular flexibility index (Phi) is 7.00. The Balaban J connectivity index is 0.00000225. The van der Waals surface area contributed by atoms with Crippen molar-refractivity contribution in [2.75, 3.05) is 6.54 Å². The van der Waals surface area contributed by atoms with Gasteiger partial charge in [0.15, 0.2) is 0 Å². The van der Waals surface area contributed by atoms with E-state index in [1.54, 1.807) is 0 Å². The molecule has 0 spiro atoms. The van der Waals surface area contributed by atoms with E-state index in [1.807, 2.05) is 13.8 Å². The van der Waals surface area contributed by atoms with Gasteiger partial charge < -0.3 is 11.1 Å². The van der Waals surface area contributed by atoms with Crippen LogP contribution in [0.15, 0.2) is 0 Å². The quantitative estimate of drug-likeness (QED) is 0.784. The highest BCUT2D eigenvalue weighted by molar-refractivity contribution is 5.85. The molecular weight excluding hydrogens is 224 g/mol. The Morgan fingerprint density at radius 2 is 1.81 bits per heavy atom. The summed E-state index contributed by atoms with van der Waals surface area (Å²) in [5, 5.41) is 3.15. The first kappa shape index (κ1) is 15.7. The molecule has 1 rings (SSSR count). The van der Waals surface area contributed by atoms with Crippen LogP contribution in [-0.2, 0) is 4.79 Å². The van der Waals surface area contributed by atoms with E-state index in [4.69, 9.17) is 5.73 Å². The van der Waals surface area contributed by atoms with Gasteiger partial charge in [-0.1, -0.05) is 26.7 Å². The van der Waals surface area contributed by atoms with Crippen LogP contribution in [0.4, 0.5) is 0 Å².